The second-order valence-electron chi connectivity index (χ2n) is 5.92. The minimum absolute atomic E-state index is 0.490. The molecule has 0 bridgehead atoms. The lowest BCUT2D eigenvalue weighted by Crippen LogP contribution is -2.02. The van der Waals surface area contributed by atoms with Crippen LogP contribution in [0.2, 0.25) is 0 Å². The van der Waals surface area contributed by atoms with E-state index < -0.39 is 0 Å². The summed E-state index contributed by atoms with van der Waals surface area (Å²) in [5.74, 6) is 2.67. The average molecular weight is 348 g/mol. The predicted molar refractivity (Wildman–Crippen MR) is 102 cm³/mol. The molecule has 3 heterocycles. The van der Waals surface area contributed by atoms with Gasteiger partial charge in [0.1, 0.15) is 11.6 Å². The number of aryl methyl sites for hydroxylation is 2. The van der Waals surface area contributed by atoms with Gasteiger partial charge in [0.2, 0.25) is 5.95 Å². The SMILES string of the molecule is CCc1cc(Nc2nc(Nc3cc(CC)[nH]n3)c3ccccc3n2)[nH]n1. The summed E-state index contributed by atoms with van der Waals surface area (Å²) in [6.45, 7) is 4.14. The number of aromatic nitrogens is 6. The molecule has 1 aromatic carbocycles. The summed E-state index contributed by atoms with van der Waals surface area (Å²) < 4.78 is 0. The highest BCUT2D eigenvalue weighted by Crippen LogP contribution is 2.25. The van der Waals surface area contributed by atoms with Gasteiger partial charge >= 0.3 is 0 Å². The Kier molecular flexibility index (Phi) is 4.22. The lowest BCUT2D eigenvalue weighted by Gasteiger charge is -2.09. The monoisotopic (exact) mass is 348 g/mol. The molecule has 4 N–H and O–H groups in total. The lowest BCUT2D eigenvalue weighted by atomic mass is 10.2. The van der Waals surface area contributed by atoms with Gasteiger partial charge in [0.25, 0.3) is 0 Å². The van der Waals surface area contributed by atoms with Gasteiger partial charge in [-0.05, 0) is 25.0 Å². The van der Waals surface area contributed by atoms with E-state index in [0.29, 0.717) is 11.8 Å². The Labute approximate surface area is 150 Å². The molecule has 0 aliphatic rings. The molecule has 0 aliphatic heterocycles. The molecular formula is C18H20N8. The smallest absolute Gasteiger partial charge is 0.230 e. The number of nitrogens with one attached hydrogen (secondary N) is 4. The van der Waals surface area contributed by atoms with Gasteiger partial charge in [-0.25, -0.2) is 4.98 Å². The van der Waals surface area contributed by atoms with Crippen molar-refractivity contribution in [3.8, 4) is 0 Å². The Morgan fingerprint density at radius 2 is 1.81 bits per heavy atom. The number of hydrogen-bond acceptors (Lipinski definition) is 6. The zero-order chi connectivity index (χ0) is 17.9. The molecule has 0 unspecified atom stereocenters. The van der Waals surface area contributed by atoms with E-state index in [9.17, 15) is 0 Å². The van der Waals surface area contributed by atoms with Crippen molar-refractivity contribution >= 4 is 34.3 Å². The van der Waals surface area contributed by atoms with E-state index in [0.717, 1.165) is 46.8 Å². The first-order chi connectivity index (χ1) is 12.7. The molecule has 0 aliphatic carbocycles. The van der Waals surface area contributed by atoms with Gasteiger partial charge in [-0.2, -0.15) is 15.2 Å². The minimum atomic E-state index is 0.490. The van der Waals surface area contributed by atoms with E-state index in [1.54, 1.807) is 0 Å². The normalized spacial score (nSPS) is 11.0. The number of benzene rings is 1. The second-order valence-corrected chi connectivity index (χ2v) is 5.92. The third-order valence-corrected chi connectivity index (χ3v) is 4.10. The molecular weight excluding hydrogens is 328 g/mol. The Hall–Kier alpha value is -3.42. The summed E-state index contributed by atoms with van der Waals surface area (Å²) in [7, 11) is 0. The van der Waals surface area contributed by atoms with Crippen LogP contribution in [0.1, 0.15) is 25.2 Å². The molecule has 3 aromatic heterocycles. The average Bonchev–Trinajstić information content (AvgIpc) is 3.31. The van der Waals surface area contributed by atoms with Crippen LogP contribution in [0.25, 0.3) is 10.9 Å². The van der Waals surface area contributed by atoms with Crippen molar-refractivity contribution < 1.29 is 0 Å². The van der Waals surface area contributed by atoms with Crippen LogP contribution in [0.15, 0.2) is 36.4 Å². The number of fused-ring (bicyclic) bond motifs is 1. The lowest BCUT2D eigenvalue weighted by molar-refractivity contribution is 0.974. The van der Waals surface area contributed by atoms with Crippen molar-refractivity contribution in [1.82, 2.24) is 30.4 Å². The molecule has 0 amide bonds. The zero-order valence-corrected chi connectivity index (χ0v) is 14.7. The number of para-hydroxylation sites is 1. The van der Waals surface area contributed by atoms with Gasteiger partial charge < -0.3 is 10.6 Å². The molecule has 4 rings (SSSR count). The summed E-state index contributed by atoms with van der Waals surface area (Å²) in [6, 6.07) is 11.8. The zero-order valence-electron chi connectivity index (χ0n) is 14.7. The molecule has 8 heteroatoms. The molecule has 4 aromatic rings. The molecule has 8 nitrogen and oxygen atoms in total. The highest BCUT2D eigenvalue weighted by molar-refractivity contribution is 5.91. The van der Waals surface area contributed by atoms with Gasteiger partial charge in [0.05, 0.1) is 11.2 Å². The summed E-state index contributed by atoms with van der Waals surface area (Å²) in [5, 5.41) is 21.9. The Morgan fingerprint density at radius 1 is 0.923 bits per heavy atom. The minimum Gasteiger partial charge on any atom is -0.323 e. The van der Waals surface area contributed by atoms with E-state index >= 15 is 0 Å². The maximum absolute atomic E-state index is 4.63. The van der Waals surface area contributed by atoms with E-state index in [1.165, 1.54) is 0 Å². The van der Waals surface area contributed by atoms with Crippen LogP contribution in [0, 0.1) is 0 Å². The van der Waals surface area contributed by atoms with Crippen LogP contribution in [-0.2, 0) is 12.8 Å². The van der Waals surface area contributed by atoms with Crippen LogP contribution in [-0.4, -0.2) is 30.4 Å². The molecule has 0 saturated carbocycles. The molecule has 26 heavy (non-hydrogen) atoms. The highest BCUT2D eigenvalue weighted by atomic mass is 15.3. The fraction of sp³-hybridized carbons (Fsp3) is 0.222. The summed E-state index contributed by atoms with van der Waals surface area (Å²) in [5.41, 5.74) is 2.89. The van der Waals surface area contributed by atoms with Crippen molar-refractivity contribution in [1.29, 1.82) is 0 Å². The van der Waals surface area contributed by atoms with Gasteiger partial charge in [0.15, 0.2) is 5.82 Å². The van der Waals surface area contributed by atoms with Gasteiger partial charge in [-0.1, -0.05) is 26.0 Å². The van der Waals surface area contributed by atoms with Gasteiger partial charge in [-0.15, -0.1) is 0 Å². The molecule has 132 valence electrons. The van der Waals surface area contributed by atoms with E-state index in [4.69, 9.17) is 0 Å². The number of aromatic amines is 2. The third kappa shape index (κ3) is 3.21. The highest BCUT2D eigenvalue weighted by Gasteiger charge is 2.10. The third-order valence-electron chi connectivity index (χ3n) is 4.10. The first kappa shape index (κ1) is 16.1. The van der Waals surface area contributed by atoms with Crippen LogP contribution in [0.5, 0.6) is 0 Å². The number of nitrogens with zero attached hydrogens (tertiary/aromatic N) is 4. The standard InChI is InChI=1S/C18H20N8/c1-3-11-9-15(25-23-11)20-17-13-7-5-6-8-14(13)19-18(22-17)21-16-10-12(4-2)24-26-16/h5-10H,3-4H2,1-2H3,(H4,19,20,21,22,23,24,25,26). The van der Waals surface area contributed by atoms with E-state index in [1.807, 2.05) is 36.4 Å². The first-order valence-electron chi connectivity index (χ1n) is 8.64. The number of hydrogen-bond donors (Lipinski definition) is 4. The van der Waals surface area contributed by atoms with Gasteiger partial charge in [0, 0.05) is 23.2 Å². The van der Waals surface area contributed by atoms with Crippen LogP contribution >= 0.6 is 0 Å². The maximum Gasteiger partial charge on any atom is 0.230 e. The fourth-order valence-corrected chi connectivity index (χ4v) is 2.68. The molecule has 0 fully saturated rings. The van der Waals surface area contributed by atoms with Gasteiger partial charge in [-0.3, -0.25) is 10.2 Å². The Balaban J connectivity index is 1.70. The van der Waals surface area contributed by atoms with E-state index in [-0.39, 0.29) is 0 Å². The largest absolute Gasteiger partial charge is 0.323 e. The topological polar surface area (TPSA) is 107 Å². The second kappa shape index (κ2) is 6.83. The summed E-state index contributed by atoms with van der Waals surface area (Å²) >= 11 is 0. The molecule has 0 atom stereocenters. The van der Waals surface area contributed by atoms with Crippen molar-refractivity contribution in [3.05, 3.63) is 47.8 Å². The summed E-state index contributed by atoms with van der Waals surface area (Å²) in [4.78, 5) is 9.22. The molecule has 0 spiro atoms. The van der Waals surface area contributed by atoms with Crippen molar-refractivity contribution in [2.45, 2.75) is 26.7 Å². The van der Waals surface area contributed by atoms with E-state index in [2.05, 4.69) is 54.8 Å². The van der Waals surface area contributed by atoms with Crippen LogP contribution in [0.4, 0.5) is 23.4 Å². The van der Waals surface area contributed by atoms with Crippen LogP contribution in [0.3, 0.4) is 0 Å². The fourth-order valence-electron chi connectivity index (χ4n) is 2.68. The maximum atomic E-state index is 4.63. The predicted octanol–water partition coefficient (Wildman–Crippen LogP) is 3.69. The number of rotatable bonds is 6. The van der Waals surface area contributed by atoms with Crippen LogP contribution < -0.4 is 10.6 Å². The molecule has 0 saturated heterocycles. The van der Waals surface area contributed by atoms with Crippen molar-refractivity contribution in [2.75, 3.05) is 10.6 Å². The van der Waals surface area contributed by atoms with Crippen molar-refractivity contribution in [2.24, 2.45) is 0 Å². The Morgan fingerprint density at radius 3 is 2.58 bits per heavy atom. The summed E-state index contributed by atoms with van der Waals surface area (Å²) in [6.07, 6.45) is 1.76. The van der Waals surface area contributed by atoms with Crippen molar-refractivity contribution in [3.63, 3.8) is 0 Å². The molecule has 0 radical (unpaired) electrons. The number of H-pyrrole nitrogens is 2. The number of anilines is 4. The quantitative estimate of drug-likeness (QED) is 0.423. The first-order valence-corrected chi connectivity index (χ1v) is 8.64. The Bertz CT molecular complexity index is 1030.